The molecule has 1 fully saturated rings. The summed E-state index contributed by atoms with van der Waals surface area (Å²) < 4.78 is 41.3. The number of hydrogen-bond donors (Lipinski definition) is 1. The third-order valence-electron chi connectivity index (χ3n) is 3.45. The van der Waals surface area contributed by atoms with Crippen molar-refractivity contribution < 1.29 is 22.3 Å². The SMILES string of the molecule is C[C@H]1[C@@H](NC(=O)COc2ccc(F)c(Cl)c2)CCS1(=O)=O. The molecule has 1 heterocycles. The first-order chi connectivity index (χ1) is 9.79. The van der Waals surface area contributed by atoms with Gasteiger partial charge in [-0.25, -0.2) is 12.8 Å². The molecule has 5 nitrogen and oxygen atoms in total. The van der Waals surface area contributed by atoms with Crippen LogP contribution in [0.3, 0.4) is 0 Å². The van der Waals surface area contributed by atoms with Crippen molar-refractivity contribution in [3.63, 3.8) is 0 Å². The average molecular weight is 336 g/mol. The maximum absolute atomic E-state index is 13.0. The van der Waals surface area contributed by atoms with Gasteiger partial charge in [-0.2, -0.15) is 0 Å². The van der Waals surface area contributed by atoms with Crippen LogP contribution in [0.2, 0.25) is 5.02 Å². The molecule has 1 saturated heterocycles. The van der Waals surface area contributed by atoms with Crippen LogP contribution in [0.5, 0.6) is 5.75 Å². The van der Waals surface area contributed by atoms with Gasteiger partial charge in [0.15, 0.2) is 16.4 Å². The van der Waals surface area contributed by atoms with Gasteiger partial charge in [0, 0.05) is 12.1 Å². The van der Waals surface area contributed by atoms with E-state index in [-0.39, 0.29) is 23.1 Å². The lowest BCUT2D eigenvalue weighted by molar-refractivity contribution is -0.123. The molecule has 21 heavy (non-hydrogen) atoms. The lowest BCUT2D eigenvalue weighted by Gasteiger charge is -2.16. The number of halogens is 2. The second-order valence-electron chi connectivity index (χ2n) is 4.90. The molecule has 1 amide bonds. The minimum atomic E-state index is -3.11. The number of ether oxygens (including phenoxy) is 1. The van der Waals surface area contributed by atoms with Crippen LogP contribution in [0.15, 0.2) is 18.2 Å². The van der Waals surface area contributed by atoms with Gasteiger partial charge in [-0.15, -0.1) is 0 Å². The summed E-state index contributed by atoms with van der Waals surface area (Å²) >= 11 is 5.59. The molecular formula is C13H15ClFNO4S. The molecule has 2 atom stereocenters. The van der Waals surface area contributed by atoms with E-state index in [9.17, 15) is 17.6 Å². The van der Waals surface area contributed by atoms with Crippen LogP contribution in [0.25, 0.3) is 0 Å². The molecule has 0 saturated carbocycles. The Labute approximate surface area is 127 Å². The number of amides is 1. The Balaban J connectivity index is 1.87. The Morgan fingerprint density at radius 1 is 1.52 bits per heavy atom. The summed E-state index contributed by atoms with van der Waals surface area (Å²) in [5.41, 5.74) is 0. The van der Waals surface area contributed by atoms with Gasteiger partial charge in [0.2, 0.25) is 0 Å². The van der Waals surface area contributed by atoms with Crippen LogP contribution in [-0.4, -0.2) is 38.0 Å². The number of rotatable bonds is 4. The highest BCUT2D eigenvalue weighted by Crippen LogP contribution is 2.22. The fourth-order valence-electron chi connectivity index (χ4n) is 2.12. The topological polar surface area (TPSA) is 72.5 Å². The summed E-state index contributed by atoms with van der Waals surface area (Å²) in [4.78, 5) is 11.7. The molecule has 0 spiro atoms. The zero-order valence-electron chi connectivity index (χ0n) is 11.3. The van der Waals surface area contributed by atoms with E-state index in [0.717, 1.165) is 6.07 Å². The van der Waals surface area contributed by atoms with Gasteiger partial charge in [0.25, 0.3) is 5.91 Å². The highest BCUT2D eigenvalue weighted by Gasteiger charge is 2.37. The zero-order chi connectivity index (χ0) is 15.6. The van der Waals surface area contributed by atoms with E-state index in [1.54, 1.807) is 6.92 Å². The summed E-state index contributed by atoms with van der Waals surface area (Å²) in [7, 11) is -3.11. The zero-order valence-corrected chi connectivity index (χ0v) is 12.9. The molecule has 0 unspecified atom stereocenters. The number of sulfone groups is 1. The second-order valence-corrected chi connectivity index (χ2v) is 7.78. The fraction of sp³-hybridized carbons (Fsp3) is 0.462. The van der Waals surface area contributed by atoms with Gasteiger partial charge in [-0.3, -0.25) is 4.79 Å². The van der Waals surface area contributed by atoms with E-state index in [0.29, 0.717) is 6.42 Å². The highest BCUT2D eigenvalue weighted by atomic mass is 35.5. The summed E-state index contributed by atoms with van der Waals surface area (Å²) in [6, 6.07) is 3.37. The van der Waals surface area contributed by atoms with Crippen molar-refractivity contribution >= 4 is 27.3 Å². The van der Waals surface area contributed by atoms with E-state index in [1.807, 2.05) is 0 Å². The van der Waals surface area contributed by atoms with Crippen LogP contribution in [0.1, 0.15) is 13.3 Å². The standard InChI is InChI=1S/C13H15ClFNO4S/c1-8-12(4-5-21(8,18)19)16-13(17)7-20-9-2-3-11(15)10(14)6-9/h2-3,6,8,12H,4-5,7H2,1H3,(H,16,17)/t8-,12-/m0/s1. The number of carbonyl (C=O) groups is 1. The molecular weight excluding hydrogens is 321 g/mol. The molecule has 8 heteroatoms. The second kappa shape index (κ2) is 6.19. The fourth-order valence-corrected chi connectivity index (χ4v) is 3.95. The first-order valence-electron chi connectivity index (χ1n) is 6.38. The van der Waals surface area contributed by atoms with Crippen molar-refractivity contribution in [3.05, 3.63) is 29.0 Å². The molecule has 1 aromatic rings. The van der Waals surface area contributed by atoms with E-state index >= 15 is 0 Å². The normalized spacial score (nSPS) is 23.8. The monoisotopic (exact) mass is 335 g/mol. The van der Waals surface area contributed by atoms with Crippen molar-refractivity contribution in [2.45, 2.75) is 24.6 Å². The Kier molecular flexibility index (Phi) is 4.73. The van der Waals surface area contributed by atoms with Crippen molar-refractivity contribution in [2.75, 3.05) is 12.4 Å². The van der Waals surface area contributed by atoms with Crippen LogP contribution < -0.4 is 10.1 Å². The average Bonchev–Trinajstić information content (AvgIpc) is 2.67. The largest absolute Gasteiger partial charge is 0.484 e. The maximum Gasteiger partial charge on any atom is 0.258 e. The summed E-state index contributed by atoms with van der Waals surface area (Å²) in [5, 5.41) is 1.94. The first-order valence-corrected chi connectivity index (χ1v) is 8.48. The predicted molar refractivity (Wildman–Crippen MR) is 76.7 cm³/mol. The van der Waals surface area contributed by atoms with Crippen LogP contribution in [0, 0.1) is 5.82 Å². The Bertz CT molecular complexity index is 650. The molecule has 1 N–H and O–H groups in total. The summed E-state index contributed by atoms with van der Waals surface area (Å²) in [6.45, 7) is 1.29. The molecule has 0 bridgehead atoms. The number of nitrogens with one attached hydrogen (secondary N) is 1. The minimum Gasteiger partial charge on any atom is -0.484 e. The molecule has 0 aromatic heterocycles. The first kappa shape index (κ1) is 16.0. The molecule has 116 valence electrons. The number of benzene rings is 1. The van der Waals surface area contributed by atoms with E-state index in [1.165, 1.54) is 12.1 Å². The van der Waals surface area contributed by atoms with Crippen molar-refractivity contribution in [3.8, 4) is 5.75 Å². The quantitative estimate of drug-likeness (QED) is 0.906. The van der Waals surface area contributed by atoms with Gasteiger partial charge in [0.05, 0.1) is 16.0 Å². The van der Waals surface area contributed by atoms with Gasteiger partial charge < -0.3 is 10.1 Å². The molecule has 2 rings (SSSR count). The lowest BCUT2D eigenvalue weighted by atomic mass is 10.2. The summed E-state index contributed by atoms with van der Waals surface area (Å²) in [5.74, 6) is -0.653. The summed E-state index contributed by atoms with van der Waals surface area (Å²) in [6.07, 6.45) is 0.400. The number of carbonyl (C=O) groups excluding carboxylic acids is 1. The van der Waals surface area contributed by atoms with Crippen molar-refractivity contribution in [1.82, 2.24) is 5.32 Å². The Hall–Kier alpha value is -1.34. The Morgan fingerprint density at radius 2 is 2.24 bits per heavy atom. The maximum atomic E-state index is 13.0. The van der Waals surface area contributed by atoms with E-state index < -0.39 is 32.9 Å². The minimum absolute atomic E-state index is 0.0769. The van der Waals surface area contributed by atoms with Gasteiger partial charge >= 0.3 is 0 Å². The third-order valence-corrected chi connectivity index (χ3v) is 6.01. The van der Waals surface area contributed by atoms with Crippen molar-refractivity contribution in [2.24, 2.45) is 0 Å². The molecule has 0 radical (unpaired) electrons. The smallest absolute Gasteiger partial charge is 0.258 e. The van der Waals surface area contributed by atoms with E-state index in [2.05, 4.69) is 5.32 Å². The molecule has 1 aliphatic heterocycles. The van der Waals surface area contributed by atoms with Crippen LogP contribution >= 0.6 is 11.6 Å². The molecule has 1 aliphatic rings. The Morgan fingerprint density at radius 3 is 2.81 bits per heavy atom. The molecule has 1 aromatic carbocycles. The van der Waals surface area contributed by atoms with Gasteiger partial charge in [0.1, 0.15) is 11.6 Å². The van der Waals surface area contributed by atoms with Gasteiger partial charge in [-0.1, -0.05) is 11.6 Å². The van der Waals surface area contributed by atoms with E-state index in [4.69, 9.17) is 16.3 Å². The lowest BCUT2D eigenvalue weighted by Crippen LogP contribution is -2.42. The highest BCUT2D eigenvalue weighted by molar-refractivity contribution is 7.92. The van der Waals surface area contributed by atoms with Gasteiger partial charge in [-0.05, 0) is 25.5 Å². The predicted octanol–water partition coefficient (Wildman–Crippen LogP) is 1.55. The number of hydrogen-bond acceptors (Lipinski definition) is 4. The molecule has 0 aliphatic carbocycles. The van der Waals surface area contributed by atoms with Crippen molar-refractivity contribution in [1.29, 1.82) is 0 Å². The van der Waals surface area contributed by atoms with Crippen LogP contribution in [0.4, 0.5) is 4.39 Å². The van der Waals surface area contributed by atoms with Crippen LogP contribution in [-0.2, 0) is 14.6 Å². The third kappa shape index (κ3) is 3.85.